The van der Waals surface area contributed by atoms with Gasteiger partial charge in [-0.05, 0) is 31.0 Å². The standard InChI is InChI=1S/C24H24ClN7O2/c1-4-16-22-27-9-11-32(22)13-17(28-16)19-29-20(26-10-12-34-3)18-21(30-19)31-23(33)24(18,2)14-5-7-15(25)8-6-14/h5-9,11,13H,4,10,12H2,1-3H3,(H2,26,29,30,31,33). The van der Waals surface area contributed by atoms with Crippen LogP contribution in [-0.2, 0) is 21.4 Å². The fourth-order valence-corrected chi connectivity index (χ4v) is 4.41. The highest BCUT2D eigenvalue weighted by molar-refractivity contribution is 6.30. The number of anilines is 2. The Morgan fingerprint density at radius 3 is 2.74 bits per heavy atom. The number of carbonyl (C=O) groups excluding carboxylic acids is 1. The lowest BCUT2D eigenvalue weighted by atomic mass is 9.77. The highest BCUT2D eigenvalue weighted by atomic mass is 35.5. The van der Waals surface area contributed by atoms with Gasteiger partial charge in [0.2, 0.25) is 5.91 Å². The molecule has 0 aliphatic carbocycles. The molecule has 174 valence electrons. The predicted molar refractivity (Wildman–Crippen MR) is 130 cm³/mol. The molecule has 1 aromatic carbocycles. The van der Waals surface area contributed by atoms with Crippen LogP contribution in [0.15, 0.2) is 42.9 Å². The van der Waals surface area contributed by atoms with Crippen LogP contribution in [0.3, 0.4) is 0 Å². The van der Waals surface area contributed by atoms with Crippen LogP contribution in [0.25, 0.3) is 17.2 Å². The van der Waals surface area contributed by atoms with Gasteiger partial charge in [-0.15, -0.1) is 0 Å². The summed E-state index contributed by atoms with van der Waals surface area (Å²) in [7, 11) is 1.64. The topological polar surface area (TPSA) is 106 Å². The molecule has 1 atom stereocenters. The second-order valence-electron chi connectivity index (χ2n) is 8.21. The van der Waals surface area contributed by atoms with Gasteiger partial charge in [-0.2, -0.15) is 0 Å². The molecule has 2 N–H and O–H groups in total. The fourth-order valence-electron chi connectivity index (χ4n) is 4.29. The molecule has 10 heteroatoms. The van der Waals surface area contributed by atoms with E-state index in [1.165, 1.54) is 0 Å². The van der Waals surface area contributed by atoms with E-state index in [-0.39, 0.29) is 5.91 Å². The minimum absolute atomic E-state index is 0.182. The van der Waals surface area contributed by atoms with E-state index in [2.05, 4.69) is 15.6 Å². The lowest BCUT2D eigenvalue weighted by Crippen LogP contribution is -2.33. The van der Waals surface area contributed by atoms with Crippen LogP contribution in [0.5, 0.6) is 0 Å². The van der Waals surface area contributed by atoms with Gasteiger partial charge >= 0.3 is 0 Å². The summed E-state index contributed by atoms with van der Waals surface area (Å²) in [5, 5.41) is 6.89. The molecular formula is C24H24ClN7O2. The number of carbonyl (C=O) groups is 1. The molecule has 4 aromatic rings. The van der Waals surface area contributed by atoms with Crippen molar-refractivity contribution in [2.45, 2.75) is 25.7 Å². The normalized spacial score (nSPS) is 17.1. The quantitative estimate of drug-likeness (QED) is 0.391. The molecule has 0 spiro atoms. The van der Waals surface area contributed by atoms with E-state index < -0.39 is 5.41 Å². The number of fused-ring (bicyclic) bond motifs is 2. The van der Waals surface area contributed by atoms with E-state index in [1.807, 2.05) is 42.8 Å². The molecule has 1 amide bonds. The zero-order chi connectivity index (χ0) is 23.9. The number of hydrogen-bond acceptors (Lipinski definition) is 7. The highest BCUT2D eigenvalue weighted by Gasteiger charge is 2.48. The third-order valence-corrected chi connectivity index (χ3v) is 6.37. The summed E-state index contributed by atoms with van der Waals surface area (Å²) >= 11 is 6.10. The molecule has 1 aliphatic heterocycles. The van der Waals surface area contributed by atoms with E-state index >= 15 is 0 Å². The molecule has 0 radical (unpaired) electrons. The number of rotatable bonds is 7. The summed E-state index contributed by atoms with van der Waals surface area (Å²) in [5.74, 6) is 1.24. The third kappa shape index (κ3) is 3.57. The summed E-state index contributed by atoms with van der Waals surface area (Å²) in [6.07, 6.45) is 6.16. The molecule has 9 nitrogen and oxygen atoms in total. The van der Waals surface area contributed by atoms with Crippen molar-refractivity contribution in [3.8, 4) is 11.5 Å². The monoisotopic (exact) mass is 477 g/mol. The van der Waals surface area contributed by atoms with Crippen molar-refractivity contribution >= 4 is 34.8 Å². The lowest BCUT2D eigenvalue weighted by Gasteiger charge is -2.25. The van der Waals surface area contributed by atoms with Gasteiger partial charge in [0.05, 0.1) is 17.9 Å². The molecule has 1 unspecified atom stereocenters. The van der Waals surface area contributed by atoms with Crippen molar-refractivity contribution in [2.75, 3.05) is 30.9 Å². The van der Waals surface area contributed by atoms with Crippen LogP contribution in [-0.4, -0.2) is 50.5 Å². The molecule has 0 saturated carbocycles. The van der Waals surface area contributed by atoms with Gasteiger partial charge in [-0.1, -0.05) is 30.7 Å². The first kappa shape index (κ1) is 22.2. The fraction of sp³-hybridized carbons (Fsp3) is 0.292. The van der Waals surface area contributed by atoms with Crippen LogP contribution >= 0.6 is 11.6 Å². The SMILES string of the molecule is CCc1nc(-c2nc(NCCOC)c3c(n2)NC(=O)C3(C)c2ccc(Cl)cc2)cn2ccnc12. The molecule has 1 aliphatic rings. The van der Waals surface area contributed by atoms with Gasteiger partial charge in [0.25, 0.3) is 0 Å². The van der Waals surface area contributed by atoms with Crippen molar-refractivity contribution in [3.63, 3.8) is 0 Å². The number of hydrogen-bond donors (Lipinski definition) is 2. The number of aryl methyl sites for hydroxylation is 1. The summed E-state index contributed by atoms with van der Waals surface area (Å²) in [5.41, 5.74) is 2.72. The predicted octanol–water partition coefficient (Wildman–Crippen LogP) is 3.72. The van der Waals surface area contributed by atoms with Crippen molar-refractivity contribution in [1.29, 1.82) is 0 Å². The second kappa shape index (κ2) is 8.66. The van der Waals surface area contributed by atoms with Gasteiger partial charge in [0.1, 0.15) is 22.7 Å². The number of imidazole rings is 1. The Morgan fingerprint density at radius 2 is 2.00 bits per heavy atom. The molecule has 34 heavy (non-hydrogen) atoms. The summed E-state index contributed by atoms with van der Waals surface area (Å²) in [6, 6.07) is 7.26. The number of ether oxygens (including phenoxy) is 1. The molecule has 0 bridgehead atoms. The average Bonchev–Trinajstić information content (AvgIpc) is 3.41. The van der Waals surface area contributed by atoms with E-state index in [4.69, 9.17) is 31.3 Å². The van der Waals surface area contributed by atoms with Crippen molar-refractivity contribution in [3.05, 3.63) is 64.7 Å². The van der Waals surface area contributed by atoms with Crippen LogP contribution < -0.4 is 10.6 Å². The van der Waals surface area contributed by atoms with Gasteiger partial charge in [-0.3, -0.25) is 4.79 Å². The number of amides is 1. The highest BCUT2D eigenvalue weighted by Crippen LogP contribution is 2.45. The van der Waals surface area contributed by atoms with Gasteiger partial charge < -0.3 is 19.8 Å². The van der Waals surface area contributed by atoms with Crippen LogP contribution in [0.2, 0.25) is 5.02 Å². The van der Waals surface area contributed by atoms with E-state index in [0.717, 1.165) is 16.9 Å². The lowest BCUT2D eigenvalue weighted by molar-refractivity contribution is -0.119. The number of nitrogens with zero attached hydrogens (tertiary/aromatic N) is 5. The Hall–Kier alpha value is -3.56. The molecule has 0 fully saturated rings. The van der Waals surface area contributed by atoms with Crippen LogP contribution in [0.1, 0.15) is 30.7 Å². The molecule has 5 rings (SSSR count). The Morgan fingerprint density at radius 1 is 1.21 bits per heavy atom. The van der Waals surface area contributed by atoms with Gasteiger partial charge in [0.15, 0.2) is 11.5 Å². The molecule has 4 heterocycles. The summed E-state index contributed by atoms with van der Waals surface area (Å²) < 4.78 is 7.12. The minimum Gasteiger partial charge on any atom is -0.383 e. The van der Waals surface area contributed by atoms with Gasteiger partial charge in [-0.25, -0.2) is 19.9 Å². The zero-order valence-electron chi connectivity index (χ0n) is 19.1. The smallest absolute Gasteiger partial charge is 0.240 e. The summed E-state index contributed by atoms with van der Waals surface area (Å²) in [4.78, 5) is 32.0. The first-order valence-corrected chi connectivity index (χ1v) is 11.4. The van der Waals surface area contributed by atoms with Crippen molar-refractivity contribution in [1.82, 2.24) is 24.3 Å². The average molecular weight is 478 g/mol. The van der Waals surface area contributed by atoms with E-state index in [0.29, 0.717) is 53.3 Å². The molecular weight excluding hydrogens is 454 g/mol. The van der Waals surface area contributed by atoms with E-state index in [1.54, 1.807) is 25.4 Å². The van der Waals surface area contributed by atoms with Crippen molar-refractivity contribution in [2.24, 2.45) is 0 Å². The Labute approximate surface area is 201 Å². The maximum Gasteiger partial charge on any atom is 0.240 e. The first-order valence-electron chi connectivity index (χ1n) is 11.0. The minimum atomic E-state index is -0.996. The number of methoxy groups -OCH3 is 1. The number of aromatic nitrogens is 5. The van der Waals surface area contributed by atoms with E-state index in [9.17, 15) is 4.79 Å². The Bertz CT molecular complexity index is 1390. The first-order chi connectivity index (χ1) is 16.5. The largest absolute Gasteiger partial charge is 0.383 e. The van der Waals surface area contributed by atoms with Crippen LogP contribution in [0, 0.1) is 0 Å². The van der Waals surface area contributed by atoms with Crippen molar-refractivity contribution < 1.29 is 9.53 Å². The molecule has 0 saturated heterocycles. The maximum atomic E-state index is 13.3. The second-order valence-corrected chi connectivity index (χ2v) is 8.65. The Balaban J connectivity index is 1.69. The maximum absolute atomic E-state index is 13.3. The summed E-state index contributed by atoms with van der Waals surface area (Å²) in [6.45, 7) is 4.89. The molecule has 3 aromatic heterocycles. The third-order valence-electron chi connectivity index (χ3n) is 6.12. The number of halogens is 1. The zero-order valence-corrected chi connectivity index (χ0v) is 19.8. The number of nitrogens with one attached hydrogen (secondary N) is 2. The number of benzene rings is 1. The van der Waals surface area contributed by atoms with Gasteiger partial charge in [0, 0.05) is 37.3 Å². The Kier molecular flexibility index (Phi) is 5.66. The van der Waals surface area contributed by atoms with Crippen LogP contribution in [0.4, 0.5) is 11.6 Å².